The molecule has 4 heterocycles. The largest absolute Gasteiger partial charge is 0.489 e. The predicted octanol–water partition coefficient (Wildman–Crippen LogP) is 3.80. The van der Waals surface area contributed by atoms with Gasteiger partial charge in [-0.1, -0.05) is 30.0 Å². The Morgan fingerprint density at radius 2 is 1.87 bits per heavy atom. The lowest BCUT2D eigenvalue weighted by molar-refractivity contribution is 0.0283. The monoisotopic (exact) mass is 507 g/mol. The highest BCUT2D eigenvalue weighted by molar-refractivity contribution is 5.85. The molecule has 0 unspecified atom stereocenters. The van der Waals surface area contributed by atoms with E-state index in [2.05, 4.69) is 27.9 Å². The van der Waals surface area contributed by atoms with E-state index >= 15 is 0 Å². The van der Waals surface area contributed by atoms with Crippen LogP contribution in [0.5, 0.6) is 5.75 Å². The molecular formula is C30H29N5O3. The van der Waals surface area contributed by atoms with Crippen LogP contribution in [0, 0.1) is 23.2 Å². The molecular weight excluding hydrogens is 478 g/mol. The van der Waals surface area contributed by atoms with E-state index in [0.717, 1.165) is 22.5 Å². The van der Waals surface area contributed by atoms with Crippen LogP contribution in [0.25, 0.3) is 16.6 Å². The molecule has 1 fully saturated rings. The number of fused-ring (bicyclic) bond motifs is 1. The zero-order valence-electron chi connectivity index (χ0n) is 21.4. The number of nitrogens with zero attached hydrogens (tertiary/aromatic N) is 5. The molecule has 5 rings (SSSR count). The fraction of sp³-hybridized carbons (Fsp3) is 0.300. The number of hydrogen-bond acceptors (Lipinski definition) is 7. The molecule has 1 aromatic carbocycles. The van der Waals surface area contributed by atoms with Crippen molar-refractivity contribution in [1.82, 2.24) is 14.6 Å². The average Bonchev–Trinajstić information content (AvgIpc) is 3.34. The SMILES string of the molecule is CC(C)(O)COc1cc(-c2ccc(N3CCC(O)(C#Cc4ccccc4)CC3)nc2)c2c(C#N)cnn2c1. The van der Waals surface area contributed by atoms with Gasteiger partial charge in [0.1, 0.15) is 29.8 Å². The first kappa shape index (κ1) is 25.3. The summed E-state index contributed by atoms with van der Waals surface area (Å²) >= 11 is 0. The Morgan fingerprint density at radius 3 is 2.53 bits per heavy atom. The van der Waals surface area contributed by atoms with Crippen LogP contribution < -0.4 is 9.64 Å². The van der Waals surface area contributed by atoms with Gasteiger partial charge in [0, 0.05) is 48.8 Å². The zero-order valence-corrected chi connectivity index (χ0v) is 21.4. The van der Waals surface area contributed by atoms with Crippen LogP contribution >= 0.6 is 0 Å². The summed E-state index contributed by atoms with van der Waals surface area (Å²) in [5.74, 6) is 7.49. The van der Waals surface area contributed by atoms with Crippen LogP contribution in [0.15, 0.2) is 67.1 Å². The molecule has 0 amide bonds. The van der Waals surface area contributed by atoms with Gasteiger partial charge >= 0.3 is 0 Å². The average molecular weight is 508 g/mol. The Hall–Kier alpha value is -4.37. The van der Waals surface area contributed by atoms with E-state index in [1.807, 2.05) is 48.5 Å². The van der Waals surface area contributed by atoms with Gasteiger partial charge in [-0.3, -0.25) is 0 Å². The molecule has 0 atom stereocenters. The summed E-state index contributed by atoms with van der Waals surface area (Å²) in [7, 11) is 0. The number of pyridine rings is 2. The third-order valence-corrected chi connectivity index (χ3v) is 6.49. The van der Waals surface area contributed by atoms with Crippen LogP contribution in [-0.4, -0.2) is 55.7 Å². The number of piperidine rings is 1. The van der Waals surface area contributed by atoms with E-state index in [1.54, 1.807) is 30.8 Å². The van der Waals surface area contributed by atoms with Gasteiger partial charge in [-0.15, -0.1) is 0 Å². The zero-order chi connectivity index (χ0) is 26.8. The number of ether oxygens (including phenoxy) is 1. The van der Waals surface area contributed by atoms with Crippen LogP contribution in [0.3, 0.4) is 0 Å². The maximum Gasteiger partial charge on any atom is 0.138 e. The van der Waals surface area contributed by atoms with Gasteiger partial charge in [0.25, 0.3) is 0 Å². The second-order valence-corrected chi connectivity index (χ2v) is 10.2. The van der Waals surface area contributed by atoms with E-state index < -0.39 is 11.2 Å². The molecule has 1 aliphatic rings. The Balaban J connectivity index is 1.35. The summed E-state index contributed by atoms with van der Waals surface area (Å²) in [4.78, 5) is 6.84. The minimum absolute atomic E-state index is 0.110. The maximum atomic E-state index is 11.0. The van der Waals surface area contributed by atoms with Crippen molar-refractivity contribution in [3.8, 4) is 34.8 Å². The van der Waals surface area contributed by atoms with Gasteiger partial charge in [0.2, 0.25) is 0 Å². The molecule has 38 heavy (non-hydrogen) atoms. The van der Waals surface area contributed by atoms with Crippen LogP contribution in [0.2, 0.25) is 0 Å². The lowest BCUT2D eigenvalue weighted by atomic mass is 9.91. The van der Waals surface area contributed by atoms with Crippen LogP contribution in [-0.2, 0) is 0 Å². The standard InChI is InChI=1S/C30H29N5O3/c1-29(2,36)21-38-25-16-26(28-24(17-31)19-33-35(28)20-25)23-8-9-27(32-18-23)34-14-12-30(37,13-15-34)11-10-22-6-4-3-5-7-22/h3-9,16,18-20,36-37H,12-15,21H2,1-2H3. The summed E-state index contributed by atoms with van der Waals surface area (Å²) < 4.78 is 7.43. The Kier molecular flexibility index (Phi) is 6.77. The van der Waals surface area contributed by atoms with Crippen molar-refractivity contribution in [2.45, 2.75) is 37.9 Å². The smallest absolute Gasteiger partial charge is 0.138 e. The fourth-order valence-corrected chi connectivity index (χ4v) is 4.41. The van der Waals surface area contributed by atoms with Crippen molar-refractivity contribution in [1.29, 1.82) is 5.26 Å². The van der Waals surface area contributed by atoms with E-state index in [4.69, 9.17) is 9.72 Å². The quantitative estimate of drug-likeness (QED) is 0.396. The number of anilines is 1. The highest BCUT2D eigenvalue weighted by atomic mass is 16.5. The first-order valence-electron chi connectivity index (χ1n) is 12.5. The molecule has 0 saturated carbocycles. The van der Waals surface area contributed by atoms with Gasteiger partial charge in [-0.2, -0.15) is 10.4 Å². The van der Waals surface area contributed by atoms with Crippen LogP contribution in [0.1, 0.15) is 37.8 Å². The molecule has 0 bridgehead atoms. The fourth-order valence-electron chi connectivity index (χ4n) is 4.41. The molecule has 0 aliphatic carbocycles. The van der Waals surface area contributed by atoms with Gasteiger partial charge < -0.3 is 19.8 Å². The Labute approximate surface area is 221 Å². The third-order valence-electron chi connectivity index (χ3n) is 6.49. The minimum atomic E-state index is -1.02. The summed E-state index contributed by atoms with van der Waals surface area (Å²) in [5, 5.41) is 34.9. The summed E-state index contributed by atoms with van der Waals surface area (Å²) in [5.41, 5.74) is 1.57. The van der Waals surface area contributed by atoms with Crippen molar-refractivity contribution in [2.75, 3.05) is 24.6 Å². The molecule has 4 aromatic rings. The summed E-state index contributed by atoms with van der Waals surface area (Å²) in [6, 6.07) is 17.6. The molecule has 192 valence electrons. The van der Waals surface area contributed by atoms with Crippen molar-refractivity contribution >= 4 is 11.3 Å². The second-order valence-electron chi connectivity index (χ2n) is 10.2. The van der Waals surface area contributed by atoms with Gasteiger partial charge in [-0.25, -0.2) is 9.50 Å². The Morgan fingerprint density at radius 1 is 1.11 bits per heavy atom. The number of benzene rings is 1. The summed E-state index contributed by atoms with van der Waals surface area (Å²) in [6.07, 6.45) is 6.05. The predicted molar refractivity (Wildman–Crippen MR) is 145 cm³/mol. The Bertz CT molecular complexity index is 1530. The van der Waals surface area contributed by atoms with Gasteiger partial charge in [0.15, 0.2) is 0 Å². The molecule has 2 N–H and O–H groups in total. The third kappa shape index (κ3) is 5.63. The first-order chi connectivity index (χ1) is 18.2. The maximum absolute atomic E-state index is 11.0. The molecule has 8 heteroatoms. The molecule has 0 spiro atoms. The van der Waals surface area contributed by atoms with Gasteiger partial charge in [0.05, 0.1) is 29.1 Å². The number of aromatic nitrogens is 3. The van der Waals surface area contributed by atoms with E-state index in [1.165, 1.54) is 6.20 Å². The topological polar surface area (TPSA) is 107 Å². The molecule has 3 aromatic heterocycles. The van der Waals surface area contributed by atoms with Crippen molar-refractivity contribution in [2.24, 2.45) is 0 Å². The second kappa shape index (κ2) is 10.2. The number of rotatable bonds is 5. The van der Waals surface area contributed by atoms with E-state index in [0.29, 0.717) is 42.8 Å². The number of aliphatic hydroxyl groups is 2. The highest BCUT2D eigenvalue weighted by Crippen LogP contribution is 2.32. The van der Waals surface area contributed by atoms with Crippen molar-refractivity contribution in [3.05, 3.63) is 78.2 Å². The van der Waals surface area contributed by atoms with Gasteiger partial charge in [-0.05, 0) is 44.2 Å². The number of nitriles is 1. The summed E-state index contributed by atoms with van der Waals surface area (Å²) in [6.45, 7) is 4.73. The van der Waals surface area contributed by atoms with Crippen molar-refractivity contribution < 1.29 is 14.9 Å². The first-order valence-corrected chi connectivity index (χ1v) is 12.5. The van der Waals surface area contributed by atoms with E-state index in [-0.39, 0.29) is 6.61 Å². The number of hydrogen-bond donors (Lipinski definition) is 2. The molecule has 1 aliphatic heterocycles. The minimum Gasteiger partial charge on any atom is -0.489 e. The highest BCUT2D eigenvalue weighted by Gasteiger charge is 2.31. The molecule has 1 saturated heterocycles. The lowest BCUT2D eigenvalue weighted by Gasteiger charge is -2.35. The van der Waals surface area contributed by atoms with E-state index in [9.17, 15) is 15.5 Å². The normalized spacial score (nSPS) is 15.0. The van der Waals surface area contributed by atoms with Crippen molar-refractivity contribution in [3.63, 3.8) is 0 Å². The molecule has 8 nitrogen and oxygen atoms in total. The molecule has 0 radical (unpaired) electrons. The van der Waals surface area contributed by atoms with Crippen LogP contribution in [0.4, 0.5) is 5.82 Å². The lowest BCUT2D eigenvalue weighted by Crippen LogP contribution is -2.43.